The molecule has 0 aliphatic carbocycles. The summed E-state index contributed by atoms with van der Waals surface area (Å²) in [5.74, 6) is 0. The Labute approximate surface area is 238 Å². The van der Waals surface area contributed by atoms with Crippen LogP contribution < -0.4 is 36.9 Å². The van der Waals surface area contributed by atoms with E-state index in [1.807, 2.05) is 0 Å². The first-order chi connectivity index (χ1) is 8.66. The molecule has 0 amide bonds. The Morgan fingerprint density at radius 1 is 0.375 bits per heavy atom. The zero-order valence-electron chi connectivity index (χ0n) is 14.9. The van der Waals surface area contributed by atoms with Gasteiger partial charge in [-0.3, -0.25) is 0 Å². The molecule has 15 nitrogen and oxygen atoms in total. The molecule has 24 heavy (non-hydrogen) atoms. The van der Waals surface area contributed by atoms with E-state index < -0.39 is 93.1 Å². The van der Waals surface area contributed by atoms with E-state index in [0.29, 0.717) is 0 Å². The molecule has 0 aliphatic rings. The third-order valence-electron chi connectivity index (χ3n) is 0. The molecule has 0 bridgehead atoms. The number of hydrogen-bond acceptors (Lipinski definition) is 15. The second-order valence-corrected chi connectivity index (χ2v) is 5.15. The summed E-state index contributed by atoms with van der Waals surface area (Å²) in [6.07, 6.45) is 0. The monoisotopic (exact) mass is 717 g/mol. The maximum atomic E-state index is 8.58. The third kappa shape index (κ3) is 693. The van der Waals surface area contributed by atoms with E-state index in [1.165, 1.54) is 0 Å². The fourth-order valence-corrected chi connectivity index (χ4v) is 0. The van der Waals surface area contributed by atoms with Crippen molar-refractivity contribution in [2.45, 2.75) is 0 Å². The van der Waals surface area contributed by atoms with Gasteiger partial charge in [-0.25, -0.2) is 0 Å². The first-order valence-corrected chi connectivity index (χ1v) is 12.6. The van der Waals surface area contributed by atoms with E-state index >= 15 is 0 Å². The van der Waals surface area contributed by atoms with E-state index in [2.05, 4.69) is 0 Å². The second kappa shape index (κ2) is 51.1. The van der Waals surface area contributed by atoms with Crippen molar-refractivity contribution in [2.24, 2.45) is 0 Å². The average Bonchev–Trinajstić information content (AvgIpc) is 1.94. The molecule has 128 valence electrons. The van der Waals surface area contributed by atoms with E-state index in [9.17, 15) is 0 Å². The molecule has 0 heterocycles. The molecule has 0 fully saturated rings. The van der Waals surface area contributed by atoms with Crippen molar-refractivity contribution in [3.05, 3.63) is 0 Å². The van der Waals surface area contributed by atoms with Crippen LogP contribution in [0.3, 0.4) is 0 Å². The Bertz CT molecular complexity index is 237. The van der Waals surface area contributed by atoms with Gasteiger partial charge >= 0.3 is 237 Å². The predicted octanol–water partition coefficient (Wildman–Crippen LogP) is -12.8. The van der Waals surface area contributed by atoms with Gasteiger partial charge in [0.2, 0.25) is 0 Å². The normalized spacial score (nSPS) is 5.42. The molecule has 24 heteroatoms. The van der Waals surface area contributed by atoms with Gasteiger partial charge in [0.25, 0.3) is 0 Å². The van der Waals surface area contributed by atoms with Crippen LogP contribution in [0.2, 0.25) is 0 Å². The first-order valence-electron chi connectivity index (χ1n) is 3.06. The van der Waals surface area contributed by atoms with Crippen LogP contribution in [0.5, 0.6) is 0 Å². The summed E-state index contributed by atoms with van der Waals surface area (Å²) in [5, 5.41) is 0. The number of hydrogen-bond donors (Lipinski definition) is 0. The quantitative estimate of drug-likeness (QED) is 0.210. The molecule has 0 rings (SSSR count). The second-order valence-electron chi connectivity index (χ2n) is 1.25. The summed E-state index contributed by atoms with van der Waals surface area (Å²) in [6.45, 7) is 0. The fourth-order valence-electron chi connectivity index (χ4n) is 0. The molecule has 0 aromatic rings. The molecular formula is H4Mg2Nb2O15Ti5. The van der Waals surface area contributed by atoms with Crippen LogP contribution in [0.25, 0.3) is 0 Å². The maximum absolute atomic E-state index is 8.58. The van der Waals surface area contributed by atoms with Crippen molar-refractivity contribution in [1.82, 2.24) is 0 Å². The minimum absolute atomic E-state index is 0. The summed E-state index contributed by atoms with van der Waals surface area (Å²) < 4.78 is 129. The van der Waals surface area contributed by atoms with Crippen LogP contribution in [0.4, 0.5) is 0 Å². The molecule has 0 saturated heterocycles. The van der Waals surface area contributed by atoms with Crippen molar-refractivity contribution < 1.29 is 197 Å². The fraction of sp³-hybridized carbons (Fsp3) is 0. The van der Waals surface area contributed by atoms with Crippen LogP contribution in [-0.2, 0) is 154 Å². The Hall–Kier alpha value is 5.18. The van der Waals surface area contributed by atoms with Crippen LogP contribution in [0, 0.1) is 0 Å². The Kier molecular flexibility index (Phi) is 121. The van der Waals surface area contributed by atoms with Crippen LogP contribution in [0.1, 0.15) is 5.71 Å². The van der Waals surface area contributed by atoms with Crippen molar-refractivity contribution >= 4 is 46.1 Å². The zero-order chi connectivity index (χ0) is 17.9. The van der Waals surface area contributed by atoms with Crippen LogP contribution >= 0.6 is 0 Å². The molecule has 0 N–H and O–H groups in total. The van der Waals surface area contributed by atoms with Crippen LogP contribution in [0.15, 0.2) is 0 Å². The summed E-state index contributed by atoms with van der Waals surface area (Å²) in [6, 6.07) is 0. The van der Waals surface area contributed by atoms with Crippen molar-refractivity contribution in [3.8, 4) is 0 Å². The van der Waals surface area contributed by atoms with Gasteiger partial charge in [-0.2, -0.15) is 0 Å². The molecule has 0 saturated carbocycles. The predicted molar refractivity (Wildman–Crippen MR) is 19.4 cm³/mol. The molecule has 0 radical (unpaired) electrons. The standard InChI is InChI=1S/2Mg.2Nb.15O.5Ti.4H/q2*+2;2*+5;;;;;;10*-1;;;;;;4*-1. The van der Waals surface area contributed by atoms with Crippen molar-refractivity contribution in [2.75, 3.05) is 0 Å². The Morgan fingerprint density at radius 3 is 0.375 bits per heavy atom. The van der Waals surface area contributed by atoms with Crippen molar-refractivity contribution in [3.63, 3.8) is 0 Å². The summed E-state index contributed by atoms with van der Waals surface area (Å²) in [7, 11) is 0. The van der Waals surface area contributed by atoms with E-state index in [1.54, 1.807) is 0 Å². The first kappa shape index (κ1) is 56.9. The van der Waals surface area contributed by atoms with Gasteiger partial charge in [0.05, 0.1) is 0 Å². The summed E-state index contributed by atoms with van der Waals surface area (Å²) in [5.41, 5.74) is 0. The van der Waals surface area contributed by atoms with E-state index in [0.717, 1.165) is 0 Å². The van der Waals surface area contributed by atoms with Crippen molar-refractivity contribution in [1.29, 1.82) is 0 Å². The van der Waals surface area contributed by atoms with Gasteiger partial charge in [-0.1, -0.05) is 0 Å². The molecular weight excluding hydrogens is 714 g/mol. The molecule has 0 aliphatic heterocycles. The molecule has 0 atom stereocenters. The topological polar surface area (TPSA) is 316 Å². The molecule has 0 spiro atoms. The third-order valence-corrected chi connectivity index (χ3v) is 0. The van der Waals surface area contributed by atoms with E-state index in [-0.39, 0.29) is 96.6 Å². The van der Waals surface area contributed by atoms with Gasteiger partial charge in [0, 0.05) is 0 Å². The van der Waals surface area contributed by atoms with Gasteiger partial charge in [0.1, 0.15) is 0 Å². The average molecular weight is 718 g/mol. The Morgan fingerprint density at radius 2 is 0.375 bits per heavy atom. The van der Waals surface area contributed by atoms with Crippen LogP contribution in [-0.4, -0.2) is 46.1 Å². The molecule has 0 aromatic heterocycles. The minimum atomic E-state index is -4.08. The van der Waals surface area contributed by atoms with Gasteiger partial charge in [0.15, 0.2) is 0 Å². The molecule has 0 aromatic carbocycles. The van der Waals surface area contributed by atoms with Gasteiger partial charge in [-0.15, -0.1) is 0 Å². The summed E-state index contributed by atoms with van der Waals surface area (Å²) in [4.78, 5) is 0. The van der Waals surface area contributed by atoms with Gasteiger partial charge < -0.3 is 5.71 Å². The van der Waals surface area contributed by atoms with Gasteiger partial charge in [-0.05, 0) is 0 Å². The zero-order valence-corrected chi connectivity index (χ0v) is 26.0. The molecule has 0 unspecified atom stereocenters. The number of rotatable bonds is 0. The summed E-state index contributed by atoms with van der Waals surface area (Å²) >= 11 is -20.4. The Balaban J connectivity index is -0.00000000852. The SMILES string of the molecule is [H-].[H-].[H-].[H-].[Mg+2].[Mg+2].[Nb+5].[Nb+5].[O]=[Ti]([O-])[O-].[O]=[Ti]([O-])[O-].[O]=[Ti]([O-])[O-].[O]=[Ti]([O-])[O-].[O]=[Ti]([O-])[O-]. The van der Waals surface area contributed by atoms with E-state index in [4.69, 9.17) is 53.5 Å².